The molecule has 21 heavy (non-hydrogen) atoms. The van der Waals surface area contributed by atoms with E-state index >= 15 is 0 Å². The second-order valence-corrected chi connectivity index (χ2v) is 6.06. The molecule has 1 heterocycles. The Morgan fingerprint density at radius 1 is 1.29 bits per heavy atom. The molecular weight excluding hydrogens is 313 g/mol. The molecule has 2 aromatic carbocycles. The molecule has 1 N–H and O–H groups in total. The number of aromatic hydroxyl groups is 1. The lowest BCUT2D eigenvalue weighted by Crippen LogP contribution is -2.27. The Labute approximate surface area is 130 Å². The maximum atomic E-state index is 13.3. The molecule has 108 valence electrons. The molecule has 6 heteroatoms. The zero-order valence-corrected chi connectivity index (χ0v) is 12.4. The van der Waals surface area contributed by atoms with E-state index in [4.69, 9.17) is 11.6 Å². The van der Waals surface area contributed by atoms with Gasteiger partial charge in [-0.1, -0.05) is 29.8 Å². The highest BCUT2D eigenvalue weighted by atomic mass is 35.5. The van der Waals surface area contributed by atoms with Crippen LogP contribution >= 0.6 is 23.4 Å². The highest BCUT2D eigenvalue weighted by Gasteiger charge is 2.35. The van der Waals surface area contributed by atoms with Crippen LogP contribution in [0.4, 0.5) is 10.1 Å². The fraction of sp³-hybridized carbons (Fsp3) is 0.133. The van der Waals surface area contributed by atoms with Crippen LogP contribution in [0.5, 0.6) is 5.75 Å². The van der Waals surface area contributed by atoms with E-state index in [1.807, 2.05) is 0 Å². The van der Waals surface area contributed by atoms with Crippen molar-refractivity contribution in [2.45, 2.75) is 5.37 Å². The zero-order chi connectivity index (χ0) is 15.0. The van der Waals surface area contributed by atoms with Gasteiger partial charge in [0.2, 0.25) is 5.91 Å². The zero-order valence-electron chi connectivity index (χ0n) is 10.8. The summed E-state index contributed by atoms with van der Waals surface area (Å²) < 4.78 is 13.3. The minimum absolute atomic E-state index is 0.0340. The first-order valence-electron chi connectivity index (χ1n) is 6.24. The van der Waals surface area contributed by atoms with Gasteiger partial charge in [-0.3, -0.25) is 9.69 Å². The van der Waals surface area contributed by atoms with Gasteiger partial charge in [-0.15, -0.1) is 11.8 Å². The molecule has 3 nitrogen and oxygen atoms in total. The highest BCUT2D eigenvalue weighted by molar-refractivity contribution is 8.00. The van der Waals surface area contributed by atoms with E-state index in [9.17, 15) is 14.3 Å². The number of benzene rings is 2. The number of phenols is 1. The maximum absolute atomic E-state index is 13.3. The van der Waals surface area contributed by atoms with Gasteiger partial charge < -0.3 is 5.11 Å². The summed E-state index contributed by atoms with van der Waals surface area (Å²) >= 11 is 7.21. The van der Waals surface area contributed by atoms with Crippen LogP contribution in [-0.2, 0) is 4.79 Å². The standard InChI is InChI=1S/C15H11ClFNO2S/c16-11-7-9(5-6-12(11)17)18-14(20)8-21-15(18)10-3-1-2-4-13(10)19/h1-7,15,19H,8H2. The summed E-state index contributed by atoms with van der Waals surface area (Å²) in [5.41, 5.74) is 1.17. The van der Waals surface area contributed by atoms with Crippen LogP contribution in [0.1, 0.15) is 10.9 Å². The van der Waals surface area contributed by atoms with Crippen molar-refractivity contribution < 1.29 is 14.3 Å². The van der Waals surface area contributed by atoms with Gasteiger partial charge in [0.1, 0.15) is 16.9 Å². The molecule has 0 aliphatic carbocycles. The predicted octanol–water partition coefficient (Wildman–Crippen LogP) is 3.96. The quantitative estimate of drug-likeness (QED) is 0.909. The SMILES string of the molecule is O=C1CSC(c2ccccc2O)N1c1ccc(F)c(Cl)c1. The number of nitrogens with zero attached hydrogens (tertiary/aromatic N) is 1. The van der Waals surface area contributed by atoms with Crippen LogP contribution in [0.2, 0.25) is 5.02 Å². The van der Waals surface area contributed by atoms with E-state index in [0.29, 0.717) is 17.0 Å². The molecule has 1 aliphatic heterocycles. The summed E-state index contributed by atoms with van der Waals surface area (Å²) in [5, 5.41) is 9.60. The van der Waals surface area contributed by atoms with Crippen LogP contribution in [-0.4, -0.2) is 16.8 Å². The lowest BCUT2D eigenvalue weighted by atomic mass is 10.1. The summed E-state index contributed by atoms with van der Waals surface area (Å²) in [6, 6.07) is 11.0. The van der Waals surface area contributed by atoms with Crippen LogP contribution in [0, 0.1) is 5.82 Å². The second-order valence-electron chi connectivity index (χ2n) is 4.58. The van der Waals surface area contributed by atoms with E-state index < -0.39 is 5.82 Å². The van der Waals surface area contributed by atoms with E-state index in [2.05, 4.69) is 0 Å². The number of anilines is 1. The Kier molecular flexibility index (Phi) is 3.78. The molecule has 1 amide bonds. The molecule has 3 rings (SSSR count). The number of halogens is 2. The number of rotatable bonds is 2. The van der Waals surface area contributed by atoms with Crippen molar-refractivity contribution in [3.8, 4) is 5.75 Å². The minimum atomic E-state index is -0.529. The normalized spacial score (nSPS) is 18.3. The number of carbonyl (C=O) groups is 1. The molecule has 0 radical (unpaired) electrons. The fourth-order valence-corrected chi connectivity index (χ4v) is 3.65. The third-order valence-electron chi connectivity index (χ3n) is 3.25. The van der Waals surface area contributed by atoms with Crippen LogP contribution in [0.3, 0.4) is 0 Å². The molecule has 0 bridgehead atoms. The monoisotopic (exact) mass is 323 g/mol. The highest BCUT2D eigenvalue weighted by Crippen LogP contribution is 2.44. The van der Waals surface area contributed by atoms with Crippen molar-refractivity contribution >= 4 is 35.0 Å². The number of carbonyl (C=O) groups excluding carboxylic acids is 1. The molecule has 2 aromatic rings. The Bertz CT molecular complexity index is 710. The van der Waals surface area contributed by atoms with Gasteiger partial charge in [-0.05, 0) is 24.3 Å². The van der Waals surface area contributed by atoms with E-state index in [0.717, 1.165) is 0 Å². The lowest BCUT2D eigenvalue weighted by Gasteiger charge is -2.25. The van der Waals surface area contributed by atoms with Gasteiger partial charge in [0, 0.05) is 11.3 Å². The first-order valence-corrected chi connectivity index (χ1v) is 7.67. The van der Waals surface area contributed by atoms with E-state index in [-0.39, 0.29) is 22.1 Å². The molecule has 0 saturated carbocycles. The maximum Gasteiger partial charge on any atom is 0.238 e. The number of hydrogen-bond donors (Lipinski definition) is 1. The summed E-state index contributed by atoms with van der Waals surface area (Å²) in [6.45, 7) is 0. The summed E-state index contributed by atoms with van der Waals surface area (Å²) in [7, 11) is 0. The first-order chi connectivity index (χ1) is 10.1. The summed E-state index contributed by atoms with van der Waals surface area (Å²) in [6.07, 6.45) is 0. The van der Waals surface area contributed by atoms with Gasteiger partial charge >= 0.3 is 0 Å². The topological polar surface area (TPSA) is 40.5 Å². The number of thioether (sulfide) groups is 1. The molecule has 1 atom stereocenters. The third kappa shape index (κ3) is 2.59. The molecular formula is C15H11ClFNO2S. The third-order valence-corrected chi connectivity index (χ3v) is 4.74. The minimum Gasteiger partial charge on any atom is -0.508 e. The number of phenolic OH excluding ortho intramolecular Hbond substituents is 1. The van der Waals surface area contributed by atoms with Gasteiger partial charge in [-0.25, -0.2) is 4.39 Å². The Morgan fingerprint density at radius 3 is 2.76 bits per heavy atom. The number of hydrogen-bond acceptors (Lipinski definition) is 3. The van der Waals surface area contributed by atoms with Crippen molar-refractivity contribution in [1.82, 2.24) is 0 Å². The Balaban J connectivity index is 2.04. The van der Waals surface area contributed by atoms with Crippen molar-refractivity contribution in [1.29, 1.82) is 0 Å². The summed E-state index contributed by atoms with van der Waals surface area (Å²) in [5.74, 6) is -0.203. The van der Waals surface area contributed by atoms with Gasteiger partial charge in [0.15, 0.2) is 0 Å². The summed E-state index contributed by atoms with van der Waals surface area (Å²) in [4.78, 5) is 13.7. The van der Waals surface area contributed by atoms with Crippen LogP contribution in [0.25, 0.3) is 0 Å². The number of amides is 1. The van der Waals surface area contributed by atoms with Crippen molar-refractivity contribution in [3.05, 3.63) is 58.9 Å². The van der Waals surface area contributed by atoms with Crippen molar-refractivity contribution in [2.75, 3.05) is 10.7 Å². The second kappa shape index (κ2) is 5.58. The van der Waals surface area contributed by atoms with E-state index in [1.54, 1.807) is 24.3 Å². The molecule has 0 spiro atoms. The van der Waals surface area contributed by atoms with Crippen LogP contribution < -0.4 is 4.90 Å². The molecule has 1 fully saturated rings. The molecule has 1 aliphatic rings. The number of para-hydroxylation sites is 1. The Hall–Kier alpha value is -1.72. The molecule has 1 unspecified atom stereocenters. The largest absolute Gasteiger partial charge is 0.508 e. The molecule has 0 aromatic heterocycles. The predicted molar refractivity (Wildman–Crippen MR) is 82.2 cm³/mol. The van der Waals surface area contributed by atoms with Gasteiger partial charge in [0.25, 0.3) is 0 Å². The van der Waals surface area contributed by atoms with Crippen molar-refractivity contribution in [3.63, 3.8) is 0 Å². The Morgan fingerprint density at radius 2 is 2.05 bits per heavy atom. The van der Waals surface area contributed by atoms with E-state index in [1.165, 1.54) is 34.9 Å². The van der Waals surface area contributed by atoms with Gasteiger partial charge in [-0.2, -0.15) is 0 Å². The van der Waals surface area contributed by atoms with Gasteiger partial charge in [0.05, 0.1) is 10.8 Å². The first kappa shape index (κ1) is 14.2. The average Bonchev–Trinajstić information content (AvgIpc) is 2.84. The fourth-order valence-electron chi connectivity index (χ4n) is 2.26. The smallest absolute Gasteiger partial charge is 0.238 e. The van der Waals surface area contributed by atoms with Crippen molar-refractivity contribution in [2.24, 2.45) is 0 Å². The van der Waals surface area contributed by atoms with Crippen LogP contribution in [0.15, 0.2) is 42.5 Å². The average molecular weight is 324 g/mol. The molecule has 1 saturated heterocycles. The lowest BCUT2D eigenvalue weighted by molar-refractivity contribution is -0.115.